The highest BCUT2D eigenvalue weighted by Gasteiger charge is 2.22. The van der Waals surface area contributed by atoms with Gasteiger partial charge < -0.3 is 10.2 Å². The number of hydrogen-bond donors (Lipinski definition) is 1. The summed E-state index contributed by atoms with van der Waals surface area (Å²) in [6, 6.07) is 17.8. The Hall–Kier alpha value is -3.41. The van der Waals surface area contributed by atoms with Gasteiger partial charge in [0.05, 0.1) is 17.9 Å². The van der Waals surface area contributed by atoms with Crippen LogP contribution >= 0.6 is 0 Å². The molecule has 3 aromatic rings. The number of nitrogens with zero attached hydrogens (tertiary/aromatic N) is 3. The van der Waals surface area contributed by atoms with Gasteiger partial charge in [-0.3, -0.25) is 9.59 Å². The van der Waals surface area contributed by atoms with Crippen LogP contribution in [0.2, 0.25) is 0 Å². The first-order chi connectivity index (χ1) is 14.5. The van der Waals surface area contributed by atoms with E-state index in [0.29, 0.717) is 18.8 Å². The lowest BCUT2D eigenvalue weighted by atomic mass is 10.1. The molecule has 0 bridgehead atoms. The number of aryl methyl sites for hydroxylation is 2. The normalized spacial score (nSPS) is 10.7. The van der Waals surface area contributed by atoms with Crippen LogP contribution in [-0.2, 0) is 9.59 Å². The number of hydrogen-bond acceptors (Lipinski definition) is 3. The lowest BCUT2D eigenvalue weighted by Gasteiger charge is -2.20. The summed E-state index contributed by atoms with van der Waals surface area (Å²) in [6.45, 7) is 8.12. The van der Waals surface area contributed by atoms with E-state index in [4.69, 9.17) is 5.10 Å². The van der Waals surface area contributed by atoms with Crippen LogP contribution in [-0.4, -0.2) is 39.6 Å². The molecule has 0 saturated heterocycles. The maximum absolute atomic E-state index is 12.9. The first-order valence-corrected chi connectivity index (χ1v) is 10.2. The third-order valence-corrected chi connectivity index (χ3v) is 5.10. The van der Waals surface area contributed by atoms with Crippen LogP contribution < -0.4 is 5.32 Å². The topological polar surface area (TPSA) is 67.2 Å². The van der Waals surface area contributed by atoms with Gasteiger partial charge in [-0.25, -0.2) is 4.68 Å². The zero-order valence-electron chi connectivity index (χ0n) is 18.0. The van der Waals surface area contributed by atoms with E-state index in [0.717, 1.165) is 28.1 Å². The van der Waals surface area contributed by atoms with E-state index in [9.17, 15) is 9.59 Å². The van der Waals surface area contributed by atoms with Crippen molar-refractivity contribution in [1.29, 1.82) is 0 Å². The largest absolute Gasteiger partial charge is 0.334 e. The number of benzene rings is 2. The Bertz CT molecular complexity index is 1040. The molecule has 1 N–H and O–H groups in total. The van der Waals surface area contributed by atoms with Gasteiger partial charge in [0.25, 0.3) is 0 Å². The van der Waals surface area contributed by atoms with Gasteiger partial charge >= 0.3 is 0 Å². The lowest BCUT2D eigenvalue weighted by Crippen LogP contribution is -2.37. The Balaban J connectivity index is 2.05. The number of likely N-dealkylation sites (N-methyl/N-ethyl adjacent to an activating group) is 1. The molecule has 2 aromatic carbocycles. The van der Waals surface area contributed by atoms with Crippen molar-refractivity contribution >= 4 is 17.6 Å². The molecule has 0 spiro atoms. The van der Waals surface area contributed by atoms with Crippen molar-refractivity contribution < 1.29 is 9.59 Å². The van der Waals surface area contributed by atoms with E-state index in [1.54, 1.807) is 16.5 Å². The van der Waals surface area contributed by atoms with Crippen molar-refractivity contribution in [3.8, 4) is 16.8 Å². The fourth-order valence-corrected chi connectivity index (χ4v) is 3.51. The molecular formula is C24H28N4O2. The Morgan fingerprint density at radius 1 is 1.00 bits per heavy atom. The highest BCUT2D eigenvalue weighted by Crippen LogP contribution is 2.34. The zero-order valence-corrected chi connectivity index (χ0v) is 18.0. The van der Waals surface area contributed by atoms with Gasteiger partial charge in [-0.1, -0.05) is 55.5 Å². The molecule has 1 heterocycles. The van der Waals surface area contributed by atoms with Crippen molar-refractivity contribution in [3.05, 3.63) is 65.9 Å². The third-order valence-electron chi connectivity index (χ3n) is 5.10. The molecular weight excluding hydrogens is 376 g/mol. The number of amides is 2. The van der Waals surface area contributed by atoms with Gasteiger partial charge in [-0.2, -0.15) is 5.10 Å². The molecule has 0 radical (unpaired) electrons. The summed E-state index contributed by atoms with van der Waals surface area (Å²) in [6.07, 6.45) is 0.372. The zero-order chi connectivity index (χ0) is 21.7. The van der Waals surface area contributed by atoms with Crippen LogP contribution in [0.25, 0.3) is 16.8 Å². The SMILES string of the molecule is CCC(=O)N(CC)CC(=O)Nc1c(-c2ccccc2)c(C)nn1-c1ccccc1C. The van der Waals surface area contributed by atoms with E-state index in [-0.39, 0.29) is 18.4 Å². The van der Waals surface area contributed by atoms with E-state index < -0.39 is 0 Å². The number of carbonyl (C=O) groups is 2. The maximum atomic E-state index is 12.9. The quantitative estimate of drug-likeness (QED) is 0.636. The highest BCUT2D eigenvalue weighted by molar-refractivity contribution is 5.98. The van der Waals surface area contributed by atoms with Crippen molar-refractivity contribution in [3.63, 3.8) is 0 Å². The monoisotopic (exact) mass is 404 g/mol. The predicted octanol–water partition coefficient (Wildman–Crippen LogP) is 4.35. The average molecular weight is 405 g/mol. The molecule has 30 heavy (non-hydrogen) atoms. The second kappa shape index (κ2) is 9.39. The number of aromatic nitrogens is 2. The number of para-hydroxylation sites is 1. The summed E-state index contributed by atoms with van der Waals surface area (Å²) in [5.41, 5.74) is 4.61. The summed E-state index contributed by atoms with van der Waals surface area (Å²) >= 11 is 0. The van der Waals surface area contributed by atoms with Crippen molar-refractivity contribution in [2.75, 3.05) is 18.4 Å². The van der Waals surface area contributed by atoms with Crippen LogP contribution in [0.15, 0.2) is 54.6 Å². The van der Waals surface area contributed by atoms with E-state index >= 15 is 0 Å². The lowest BCUT2D eigenvalue weighted by molar-refractivity contribution is -0.134. The van der Waals surface area contributed by atoms with Crippen LogP contribution in [0.3, 0.4) is 0 Å². The molecule has 0 fully saturated rings. The van der Waals surface area contributed by atoms with E-state index in [2.05, 4.69) is 5.32 Å². The highest BCUT2D eigenvalue weighted by atomic mass is 16.2. The van der Waals surface area contributed by atoms with Crippen LogP contribution in [0.4, 0.5) is 5.82 Å². The molecule has 156 valence electrons. The molecule has 0 atom stereocenters. The summed E-state index contributed by atoms with van der Waals surface area (Å²) in [5, 5.41) is 7.78. The molecule has 0 unspecified atom stereocenters. The summed E-state index contributed by atoms with van der Waals surface area (Å²) < 4.78 is 1.78. The summed E-state index contributed by atoms with van der Waals surface area (Å²) in [7, 11) is 0. The van der Waals surface area contributed by atoms with Gasteiger partial charge in [-0.15, -0.1) is 0 Å². The molecule has 1 aromatic heterocycles. The van der Waals surface area contributed by atoms with Crippen molar-refractivity contribution in [2.24, 2.45) is 0 Å². The first kappa shape index (κ1) is 21.3. The van der Waals surface area contributed by atoms with Gasteiger partial charge in [-0.05, 0) is 38.0 Å². The average Bonchev–Trinajstić information content (AvgIpc) is 3.07. The van der Waals surface area contributed by atoms with Crippen molar-refractivity contribution in [1.82, 2.24) is 14.7 Å². The smallest absolute Gasteiger partial charge is 0.245 e. The predicted molar refractivity (Wildman–Crippen MR) is 120 cm³/mol. The number of anilines is 1. The molecule has 0 aliphatic carbocycles. The number of carbonyl (C=O) groups excluding carboxylic acids is 2. The minimum atomic E-state index is -0.245. The maximum Gasteiger partial charge on any atom is 0.245 e. The van der Waals surface area contributed by atoms with E-state index in [1.807, 2.05) is 75.4 Å². The summed E-state index contributed by atoms with van der Waals surface area (Å²) in [4.78, 5) is 26.6. The van der Waals surface area contributed by atoms with Gasteiger partial charge in [0, 0.05) is 18.5 Å². The Kier molecular flexibility index (Phi) is 6.67. The van der Waals surface area contributed by atoms with Gasteiger partial charge in [0.15, 0.2) is 0 Å². The van der Waals surface area contributed by atoms with Crippen LogP contribution in [0, 0.1) is 13.8 Å². The molecule has 0 saturated carbocycles. The van der Waals surface area contributed by atoms with Crippen LogP contribution in [0.1, 0.15) is 31.5 Å². The second-order valence-electron chi connectivity index (χ2n) is 7.18. The minimum Gasteiger partial charge on any atom is -0.334 e. The minimum absolute atomic E-state index is 0.00933. The molecule has 0 aliphatic rings. The standard InChI is InChI=1S/C24H28N4O2/c1-5-22(30)27(6-2)16-21(29)25-24-23(19-13-8-7-9-14-19)18(4)26-28(24)20-15-11-10-12-17(20)3/h7-15H,5-6,16H2,1-4H3,(H,25,29). The fourth-order valence-electron chi connectivity index (χ4n) is 3.51. The third kappa shape index (κ3) is 4.43. The molecule has 0 aliphatic heterocycles. The molecule has 2 amide bonds. The Morgan fingerprint density at radius 2 is 1.67 bits per heavy atom. The number of nitrogens with one attached hydrogen (secondary N) is 1. The first-order valence-electron chi connectivity index (χ1n) is 10.2. The van der Waals surface area contributed by atoms with Gasteiger partial charge in [0.2, 0.25) is 11.8 Å². The molecule has 3 rings (SSSR count). The Morgan fingerprint density at radius 3 is 2.30 bits per heavy atom. The van der Waals surface area contributed by atoms with E-state index in [1.165, 1.54) is 0 Å². The molecule has 6 heteroatoms. The molecule has 6 nitrogen and oxygen atoms in total. The Labute approximate surface area is 177 Å². The van der Waals surface area contributed by atoms with Gasteiger partial charge in [0.1, 0.15) is 5.82 Å². The number of rotatable bonds is 7. The fraction of sp³-hybridized carbons (Fsp3) is 0.292. The second-order valence-corrected chi connectivity index (χ2v) is 7.18. The van der Waals surface area contributed by atoms with Crippen molar-refractivity contribution in [2.45, 2.75) is 34.1 Å². The summed E-state index contributed by atoms with van der Waals surface area (Å²) in [5.74, 6) is 0.322. The van der Waals surface area contributed by atoms with Crippen LogP contribution in [0.5, 0.6) is 0 Å².